The van der Waals surface area contributed by atoms with Gasteiger partial charge >= 0.3 is 0 Å². The first kappa shape index (κ1) is 17.9. The number of thioether (sulfide) groups is 1. The van der Waals surface area contributed by atoms with Crippen LogP contribution in [0.25, 0.3) is 11.4 Å². The van der Waals surface area contributed by atoms with E-state index < -0.39 is 5.82 Å². The van der Waals surface area contributed by atoms with Crippen LogP contribution in [-0.2, 0) is 4.79 Å². The van der Waals surface area contributed by atoms with Crippen LogP contribution in [0.4, 0.5) is 10.1 Å². The normalized spacial score (nSPS) is 10.7. The van der Waals surface area contributed by atoms with Gasteiger partial charge in [-0.3, -0.25) is 4.79 Å². The number of nitrogen functional groups attached to an aromatic ring is 1. The van der Waals surface area contributed by atoms with E-state index in [1.807, 2.05) is 31.2 Å². The standard InChI is InChI=1S/C18H18FN5OS/c1-11-3-6-13(7-4-11)17-22-23-18(24(17)20)26-10-16(25)21-15-8-5-12(2)9-14(15)19/h3-9H,10,20H2,1-2H3,(H,21,25). The molecule has 0 saturated carbocycles. The quantitative estimate of drug-likeness (QED) is 0.532. The highest BCUT2D eigenvalue weighted by molar-refractivity contribution is 7.99. The Balaban J connectivity index is 1.64. The molecule has 1 aromatic heterocycles. The number of aromatic nitrogens is 3. The molecule has 0 unspecified atom stereocenters. The third kappa shape index (κ3) is 4.02. The number of nitrogens with two attached hydrogens (primary N) is 1. The first-order valence-electron chi connectivity index (χ1n) is 7.90. The number of hydrogen-bond donors (Lipinski definition) is 2. The van der Waals surface area contributed by atoms with E-state index in [0.29, 0.717) is 11.0 Å². The average Bonchev–Trinajstić information content (AvgIpc) is 2.97. The first-order chi connectivity index (χ1) is 12.4. The van der Waals surface area contributed by atoms with E-state index >= 15 is 0 Å². The number of nitrogens with one attached hydrogen (secondary N) is 1. The summed E-state index contributed by atoms with van der Waals surface area (Å²) < 4.78 is 15.1. The molecule has 0 aliphatic rings. The Morgan fingerprint density at radius 1 is 1.15 bits per heavy atom. The molecule has 1 amide bonds. The van der Waals surface area contributed by atoms with Gasteiger partial charge < -0.3 is 11.2 Å². The lowest BCUT2D eigenvalue weighted by molar-refractivity contribution is -0.113. The van der Waals surface area contributed by atoms with Crippen molar-refractivity contribution >= 4 is 23.4 Å². The van der Waals surface area contributed by atoms with Crippen molar-refractivity contribution in [2.75, 3.05) is 16.9 Å². The zero-order valence-corrected chi connectivity index (χ0v) is 15.2. The highest BCUT2D eigenvalue weighted by Crippen LogP contribution is 2.22. The summed E-state index contributed by atoms with van der Waals surface area (Å²) in [6, 6.07) is 12.4. The second-order valence-electron chi connectivity index (χ2n) is 5.86. The number of carbonyl (C=O) groups excluding carboxylic acids is 1. The first-order valence-corrected chi connectivity index (χ1v) is 8.89. The van der Waals surface area contributed by atoms with Gasteiger partial charge in [-0.15, -0.1) is 10.2 Å². The van der Waals surface area contributed by atoms with Crippen LogP contribution >= 0.6 is 11.8 Å². The molecule has 0 radical (unpaired) electrons. The lowest BCUT2D eigenvalue weighted by Gasteiger charge is -2.07. The number of anilines is 1. The molecule has 0 atom stereocenters. The summed E-state index contributed by atoms with van der Waals surface area (Å²) in [5.41, 5.74) is 2.90. The largest absolute Gasteiger partial charge is 0.335 e. The van der Waals surface area contributed by atoms with E-state index in [4.69, 9.17) is 5.84 Å². The van der Waals surface area contributed by atoms with Crippen molar-refractivity contribution in [2.45, 2.75) is 19.0 Å². The van der Waals surface area contributed by atoms with E-state index in [0.717, 1.165) is 28.5 Å². The molecular weight excluding hydrogens is 353 g/mol. The topological polar surface area (TPSA) is 85.8 Å². The Kier molecular flexibility index (Phi) is 5.22. The lowest BCUT2D eigenvalue weighted by Crippen LogP contribution is -2.17. The fraction of sp³-hybridized carbons (Fsp3) is 0.167. The molecule has 0 fully saturated rings. The predicted octanol–water partition coefficient (Wildman–Crippen LogP) is 3.15. The van der Waals surface area contributed by atoms with Gasteiger partial charge in [0.25, 0.3) is 0 Å². The summed E-state index contributed by atoms with van der Waals surface area (Å²) in [5.74, 6) is 5.77. The van der Waals surface area contributed by atoms with Crippen molar-refractivity contribution in [3.05, 3.63) is 59.4 Å². The van der Waals surface area contributed by atoms with Crippen LogP contribution in [0.2, 0.25) is 0 Å². The molecule has 0 saturated heterocycles. The van der Waals surface area contributed by atoms with Crippen molar-refractivity contribution in [3.8, 4) is 11.4 Å². The second-order valence-corrected chi connectivity index (χ2v) is 6.80. The van der Waals surface area contributed by atoms with Gasteiger partial charge in [-0.2, -0.15) is 0 Å². The van der Waals surface area contributed by atoms with Crippen LogP contribution in [0.15, 0.2) is 47.6 Å². The van der Waals surface area contributed by atoms with Crippen LogP contribution < -0.4 is 11.2 Å². The zero-order chi connectivity index (χ0) is 18.7. The number of benzene rings is 2. The molecule has 2 aromatic carbocycles. The van der Waals surface area contributed by atoms with Gasteiger partial charge in [-0.05, 0) is 31.5 Å². The SMILES string of the molecule is Cc1ccc(-c2nnc(SCC(=O)Nc3ccc(C)cc3F)n2N)cc1. The van der Waals surface area contributed by atoms with Crippen molar-refractivity contribution in [3.63, 3.8) is 0 Å². The number of carbonyl (C=O) groups is 1. The van der Waals surface area contributed by atoms with Crippen LogP contribution in [0.5, 0.6) is 0 Å². The summed E-state index contributed by atoms with van der Waals surface area (Å²) in [6.45, 7) is 3.78. The van der Waals surface area contributed by atoms with E-state index in [-0.39, 0.29) is 17.3 Å². The maximum atomic E-state index is 13.8. The van der Waals surface area contributed by atoms with Crippen LogP contribution in [0, 0.1) is 19.7 Å². The van der Waals surface area contributed by atoms with E-state index in [1.165, 1.54) is 16.8 Å². The molecule has 1 heterocycles. The van der Waals surface area contributed by atoms with Gasteiger partial charge in [0.15, 0.2) is 5.82 Å². The Morgan fingerprint density at radius 3 is 2.54 bits per heavy atom. The summed E-state index contributed by atoms with van der Waals surface area (Å²) in [4.78, 5) is 12.1. The minimum absolute atomic E-state index is 0.0382. The van der Waals surface area contributed by atoms with Crippen LogP contribution in [0.1, 0.15) is 11.1 Å². The molecule has 0 spiro atoms. The minimum Gasteiger partial charge on any atom is -0.335 e. The number of rotatable bonds is 5. The third-order valence-electron chi connectivity index (χ3n) is 3.71. The molecule has 3 rings (SSSR count). The number of halogens is 1. The summed E-state index contributed by atoms with van der Waals surface area (Å²) in [7, 11) is 0. The highest BCUT2D eigenvalue weighted by atomic mass is 32.2. The number of nitrogens with zero attached hydrogens (tertiary/aromatic N) is 3. The molecule has 0 bridgehead atoms. The average molecular weight is 371 g/mol. The van der Waals surface area contributed by atoms with Crippen molar-refractivity contribution < 1.29 is 9.18 Å². The van der Waals surface area contributed by atoms with E-state index in [1.54, 1.807) is 13.0 Å². The molecule has 3 N–H and O–H groups in total. The maximum absolute atomic E-state index is 13.8. The predicted molar refractivity (Wildman–Crippen MR) is 101 cm³/mol. The van der Waals surface area contributed by atoms with E-state index in [9.17, 15) is 9.18 Å². The number of aryl methyl sites for hydroxylation is 2. The molecule has 26 heavy (non-hydrogen) atoms. The van der Waals surface area contributed by atoms with Gasteiger partial charge in [0.2, 0.25) is 11.1 Å². The van der Waals surface area contributed by atoms with Crippen LogP contribution in [-0.4, -0.2) is 26.5 Å². The third-order valence-corrected chi connectivity index (χ3v) is 4.65. The Labute approximate surface area is 154 Å². The summed E-state index contributed by atoms with van der Waals surface area (Å²) in [5, 5.41) is 11.0. The Morgan fingerprint density at radius 2 is 1.85 bits per heavy atom. The monoisotopic (exact) mass is 371 g/mol. The Bertz CT molecular complexity index is 939. The van der Waals surface area contributed by atoms with Crippen LogP contribution in [0.3, 0.4) is 0 Å². The molecular formula is C18H18FN5OS. The van der Waals surface area contributed by atoms with E-state index in [2.05, 4.69) is 15.5 Å². The zero-order valence-electron chi connectivity index (χ0n) is 14.4. The Hall–Kier alpha value is -2.87. The van der Waals surface area contributed by atoms with Crippen molar-refractivity contribution in [2.24, 2.45) is 0 Å². The second kappa shape index (κ2) is 7.57. The molecule has 0 aliphatic carbocycles. The summed E-state index contributed by atoms with van der Waals surface area (Å²) >= 11 is 1.13. The molecule has 8 heteroatoms. The van der Waals surface area contributed by atoms with Gasteiger partial charge in [0, 0.05) is 5.56 Å². The van der Waals surface area contributed by atoms with Gasteiger partial charge in [-0.25, -0.2) is 9.07 Å². The number of hydrogen-bond acceptors (Lipinski definition) is 5. The van der Waals surface area contributed by atoms with Gasteiger partial charge in [0.1, 0.15) is 5.82 Å². The molecule has 0 aliphatic heterocycles. The van der Waals surface area contributed by atoms with Crippen molar-refractivity contribution in [1.82, 2.24) is 14.9 Å². The highest BCUT2D eigenvalue weighted by Gasteiger charge is 2.14. The summed E-state index contributed by atoms with van der Waals surface area (Å²) in [6.07, 6.45) is 0. The number of amides is 1. The van der Waals surface area contributed by atoms with Gasteiger partial charge in [0.05, 0.1) is 11.4 Å². The lowest BCUT2D eigenvalue weighted by atomic mass is 10.1. The van der Waals surface area contributed by atoms with Gasteiger partial charge in [-0.1, -0.05) is 47.7 Å². The minimum atomic E-state index is -0.466. The fourth-order valence-electron chi connectivity index (χ4n) is 2.31. The van der Waals surface area contributed by atoms with Crippen molar-refractivity contribution in [1.29, 1.82) is 0 Å². The molecule has 3 aromatic rings. The smallest absolute Gasteiger partial charge is 0.234 e. The molecule has 134 valence electrons. The fourth-order valence-corrected chi connectivity index (χ4v) is 2.97. The maximum Gasteiger partial charge on any atom is 0.234 e. The molecule has 6 nitrogen and oxygen atoms in total.